The van der Waals surface area contributed by atoms with Crippen molar-refractivity contribution in [1.29, 1.82) is 0 Å². The van der Waals surface area contributed by atoms with Crippen LogP contribution in [0.15, 0.2) is 54.6 Å². The first-order chi connectivity index (χ1) is 13.8. The number of carbonyl (C=O) groups is 1. The first-order valence-electron chi connectivity index (χ1n) is 9.31. The molecule has 8 heteroatoms. The van der Waals surface area contributed by atoms with Gasteiger partial charge >= 0.3 is 13.7 Å². The van der Waals surface area contributed by atoms with E-state index in [4.69, 9.17) is 18.5 Å². The third kappa shape index (κ3) is 5.60. The lowest BCUT2D eigenvalue weighted by Crippen LogP contribution is -2.35. The number of nitrogens with one attached hydrogen (secondary N) is 1. The van der Waals surface area contributed by atoms with Gasteiger partial charge in [-0.2, -0.15) is 0 Å². The molecular weight excluding hydrogens is 393 g/mol. The van der Waals surface area contributed by atoms with Gasteiger partial charge in [-0.3, -0.25) is 4.57 Å². The monoisotopic (exact) mass is 419 g/mol. The Morgan fingerprint density at radius 2 is 1.72 bits per heavy atom. The topological polar surface area (TPSA) is 83.1 Å². The lowest BCUT2D eigenvalue weighted by molar-refractivity contribution is 0.0360. The molecule has 1 amide bonds. The molecular formula is C21H26NO6P. The van der Waals surface area contributed by atoms with E-state index in [1.807, 2.05) is 44.2 Å². The fourth-order valence-electron chi connectivity index (χ4n) is 2.77. The molecule has 2 aromatic carbocycles. The zero-order chi connectivity index (χ0) is 20.9. The Bertz CT molecular complexity index is 854. The molecule has 0 spiro atoms. The van der Waals surface area contributed by atoms with Crippen molar-refractivity contribution in [2.45, 2.75) is 26.2 Å². The Morgan fingerprint density at radius 3 is 2.31 bits per heavy atom. The maximum Gasteiger partial charge on any atom is 0.408 e. The van der Waals surface area contributed by atoms with E-state index in [0.29, 0.717) is 11.3 Å². The van der Waals surface area contributed by atoms with Gasteiger partial charge in [0.15, 0.2) is 5.78 Å². The lowest BCUT2D eigenvalue weighted by atomic mass is 9.97. The first-order valence-corrected chi connectivity index (χ1v) is 10.9. The van der Waals surface area contributed by atoms with Crippen molar-refractivity contribution in [2.75, 3.05) is 20.3 Å². The molecule has 1 N–H and O–H groups in total. The van der Waals surface area contributed by atoms with Crippen LogP contribution < -0.4 is 10.1 Å². The number of ether oxygens (including phenoxy) is 2. The highest BCUT2D eigenvalue weighted by atomic mass is 31.2. The minimum Gasteiger partial charge on any atom is -0.497 e. The SMILES string of the molecule is COc1ccc(C(NC(=O)OCc2ccccc2)P2(=O)OCC(C)(C)CO2)cc1. The molecule has 2 aromatic rings. The van der Waals surface area contributed by atoms with Crippen molar-refractivity contribution in [3.63, 3.8) is 0 Å². The molecule has 1 saturated heterocycles. The van der Waals surface area contributed by atoms with Crippen LogP contribution in [0.25, 0.3) is 0 Å². The first kappa shape index (κ1) is 21.4. The predicted molar refractivity (Wildman–Crippen MR) is 109 cm³/mol. The van der Waals surface area contributed by atoms with Crippen molar-refractivity contribution in [3.05, 3.63) is 65.7 Å². The highest BCUT2D eigenvalue weighted by molar-refractivity contribution is 7.54. The number of hydrogen-bond donors (Lipinski definition) is 1. The van der Waals surface area contributed by atoms with Crippen LogP contribution in [0.1, 0.15) is 30.8 Å². The summed E-state index contributed by atoms with van der Waals surface area (Å²) in [5, 5.41) is 2.66. The van der Waals surface area contributed by atoms with Gasteiger partial charge in [0.2, 0.25) is 0 Å². The third-order valence-electron chi connectivity index (χ3n) is 4.49. The molecule has 0 saturated carbocycles. The molecule has 1 fully saturated rings. The summed E-state index contributed by atoms with van der Waals surface area (Å²) in [7, 11) is -2.09. The van der Waals surface area contributed by atoms with Crippen LogP contribution in [0.3, 0.4) is 0 Å². The minimum atomic E-state index is -3.65. The molecule has 1 aliphatic heterocycles. The molecule has 1 atom stereocenters. The number of rotatable bonds is 6. The lowest BCUT2D eigenvalue weighted by Gasteiger charge is -2.37. The van der Waals surface area contributed by atoms with E-state index in [2.05, 4.69) is 5.32 Å². The van der Waals surface area contributed by atoms with Crippen molar-refractivity contribution in [1.82, 2.24) is 5.32 Å². The quantitative estimate of drug-likeness (QED) is 0.672. The predicted octanol–water partition coefficient (Wildman–Crippen LogP) is 4.89. The molecule has 1 heterocycles. The fraction of sp³-hybridized carbons (Fsp3) is 0.381. The average molecular weight is 419 g/mol. The molecule has 7 nitrogen and oxygen atoms in total. The maximum atomic E-state index is 13.4. The second-order valence-corrected chi connectivity index (χ2v) is 9.75. The molecule has 0 bridgehead atoms. The smallest absolute Gasteiger partial charge is 0.408 e. The summed E-state index contributed by atoms with van der Waals surface area (Å²) in [6.07, 6.45) is -0.707. The van der Waals surface area contributed by atoms with Crippen LogP contribution >= 0.6 is 7.60 Å². The number of alkyl carbamates (subject to hydrolysis) is 1. The van der Waals surface area contributed by atoms with Crippen LogP contribution in [0.2, 0.25) is 0 Å². The molecule has 0 radical (unpaired) electrons. The second-order valence-electron chi connectivity index (χ2n) is 7.63. The average Bonchev–Trinajstić information content (AvgIpc) is 2.74. The Balaban J connectivity index is 1.77. The molecule has 0 aliphatic carbocycles. The summed E-state index contributed by atoms with van der Waals surface area (Å²) in [4.78, 5) is 12.4. The normalized spacial score (nSPS) is 18.4. The standard InChI is InChI=1S/C21H26NO6P/c1-21(2)14-27-29(24,28-15-21)19(17-9-11-18(25-3)12-10-17)22-20(23)26-13-16-7-5-4-6-8-16/h4-12,19H,13-15H2,1-3H3,(H,22,23). The Hall–Kier alpha value is -2.34. The van der Waals surface area contributed by atoms with E-state index in [9.17, 15) is 9.36 Å². The van der Waals surface area contributed by atoms with E-state index in [1.54, 1.807) is 31.4 Å². The Labute approximate surface area is 170 Å². The zero-order valence-electron chi connectivity index (χ0n) is 16.8. The maximum absolute atomic E-state index is 13.4. The molecule has 1 aliphatic rings. The van der Waals surface area contributed by atoms with Gasteiger partial charge < -0.3 is 23.8 Å². The number of methoxy groups -OCH3 is 1. The number of amides is 1. The molecule has 156 valence electrons. The zero-order valence-corrected chi connectivity index (χ0v) is 17.7. The summed E-state index contributed by atoms with van der Waals surface area (Å²) in [6.45, 7) is 4.54. The van der Waals surface area contributed by atoms with E-state index >= 15 is 0 Å². The van der Waals surface area contributed by atoms with Crippen LogP contribution in [0.5, 0.6) is 5.75 Å². The van der Waals surface area contributed by atoms with Crippen molar-refractivity contribution in [3.8, 4) is 5.75 Å². The van der Waals surface area contributed by atoms with Gasteiger partial charge in [-0.1, -0.05) is 56.3 Å². The van der Waals surface area contributed by atoms with Crippen LogP contribution in [0, 0.1) is 5.41 Å². The molecule has 3 rings (SSSR count). The van der Waals surface area contributed by atoms with E-state index < -0.39 is 19.5 Å². The van der Waals surface area contributed by atoms with Crippen molar-refractivity contribution >= 4 is 13.7 Å². The van der Waals surface area contributed by atoms with E-state index in [0.717, 1.165) is 5.56 Å². The Morgan fingerprint density at radius 1 is 1.10 bits per heavy atom. The van der Waals surface area contributed by atoms with Crippen LogP contribution in [-0.2, 0) is 25.0 Å². The Kier molecular flexibility index (Phi) is 6.63. The number of benzene rings is 2. The van der Waals surface area contributed by atoms with Gasteiger partial charge in [-0.05, 0) is 23.3 Å². The molecule has 0 aromatic heterocycles. The highest BCUT2D eigenvalue weighted by Crippen LogP contribution is 2.63. The summed E-state index contributed by atoms with van der Waals surface area (Å²) in [6, 6.07) is 16.2. The van der Waals surface area contributed by atoms with Gasteiger partial charge in [0.05, 0.1) is 20.3 Å². The summed E-state index contributed by atoms with van der Waals surface area (Å²) < 4.78 is 35.2. The van der Waals surface area contributed by atoms with E-state index in [1.165, 1.54) is 0 Å². The number of carbonyl (C=O) groups excluding carboxylic acids is 1. The van der Waals surface area contributed by atoms with Crippen LogP contribution in [0.4, 0.5) is 4.79 Å². The summed E-state index contributed by atoms with van der Waals surface area (Å²) >= 11 is 0. The van der Waals surface area contributed by atoms with Gasteiger partial charge in [-0.25, -0.2) is 4.79 Å². The molecule has 1 unspecified atom stereocenters. The number of hydrogen-bond acceptors (Lipinski definition) is 6. The van der Waals surface area contributed by atoms with Gasteiger partial charge in [-0.15, -0.1) is 0 Å². The van der Waals surface area contributed by atoms with Crippen molar-refractivity contribution < 1.29 is 27.9 Å². The highest BCUT2D eigenvalue weighted by Gasteiger charge is 2.44. The molecule has 29 heavy (non-hydrogen) atoms. The van der Waals surface area contributed by atoms with Gasteiger partial charge in [0.1, 0.15) is 12.4 Å². The summed E-state index contributed by atoms with van der Waals surface area (Å²) in [5.41, 5.74) is 1.17. The fourth-order valence-corrected chi connectivity index (χ4v) is 5.00. The van der Waals surface area contributed by atoms with Gasteiger partial charge in [0, 0.05) is 5.41 Å². The minimum absolute atomic E-state index is 0.0983. The largest absolute Gasteiger partial charge is 0.497 e. The van der Waals surface area contributed by atoms with Gasteiger partial charge in [0.25, 0.3) is 0 Å². The van der Waals surface area contributed by atoms with Crippen molar-refractivity contribution in [2.24, 2.45) is 5.41 Å². The third-order valence-corrected chi connectivity index (χ3v) is 6.52. The summed E-state index contributed by atoms with van der Waals surface area (Å²) in [5.74, 6) is -0.350. The van der Waals surface area contributed by atoms with E-state index in [-0.39, 0.29) is 25.2 Å². The van der Waals surface area contributed by atoms with Crippen LogP contribution in [-0.4, -0.2) is 26.4 Å². The second kappa shape index (κ2) is 8.99.